The van der Waals surface area contributed by atoms with Crippen LogP contribution in [0.3, 0.4) is 0 Å². The molecule has 0 bridgehead atoms. The van der Waals surface area contributed by atoms with Crippen molar-refractivity contribution in [1.29, 1.82) is 0 Å². The minimum Gasteiger partial charge on any atom is -0.368 e. The second kappa shape index (κ2) is 2.92. The van der Waals surface area contributed by atoms with Crippen LogP contribution in [0.25, 0.3) is 21.7 Å². The van der Waals surface area contributed by atoms with Crippen LogP contribution in [0.5, 0.6) is 0 Å². The number of nitrogens with zero attached hydrogens (tertiary/aromatic N) is 2. The normalized spacial score (nSPS) is 10.9. The minimum atomic E-state index is 0.317. The molecule has 72 valence electrons. The van der Waals surface area contributed by atoms with Gasteiger partial charge in [-0.3, -0.25) is 0 Å². The lowest BCUT2D eigenvalue weighted by atomic mass is 10.1. The molecular formula is C12H9N3. The fourth-order valence-electron chi connectivity index (χ4n) is 1.73. The molecule has 0 radical (unpaired) electrons. The lowest BCUT2D eigenvalue weighted by Gasteiger charge is -2.01. The summed E-state index contributed by atoms with van der Waals surface area (Å²) in [6, 6.07) is 12.3. The molecule has 0 amide bonds. The average Bonchev–Trinajstić information content (AvgIpc) is 2.26. The van der Waals surface area contributed by atoms with Crippen LogP contribution < -0.4 is 5.73 Å². The van der Waals surface area contributed by atoms with Gasteiger partial charge in [0.25, 0.3) is 0 Å². The Morgan fingerprint density at radius 3 is 2.47 bits per heavy atom. The van der Waals surface area contributed by atoms with E-state index in [0.29, 0.717) is 5.95 Å². The standard InChI is InChI=1S/C12H9N3/c13-12-14-7-10-5-8-3-1-2-4-9(8)6-11(10)15-12/h1-7H,(H2,13,14,15). The zero-order chi connectivity index (χ0) is 10.3. The number of nitrogen functional groups attached to an aromatic ring is 1. The SMILES string of the molecule is Nc1ncc2cc3ccccc3cc2n1. The van der Waals surface area contributed by atoms with Gasteiger partial charge in [-0.25, -0.2) is 9.97 Å². The van der Waals surface area contributed by atoms with E-state index in [0.717, 1.165) is 10.9 Å². The molecule has 0 fully saturated rings. The largest absolute Gasteiger partial charge is 0.368 e. The quantitative estimate of drug-likeness (QED) is 0.560. The van der Waals surface area contributed by atoms with Crippen LogP contribution in [-0.2, 0) is 0 Å². The zero-order valence-electron chi connectivity index (χ0n) is 8.01. The van der Waals surface area contributed by atoms with Crippen LogP contribution in [0.15, 0.2) is 42.6 Å². The molecule has 2 aromatic carbocycles. The molecule has 3 aromatic rings. The van der Waals surface area contributed by atoms with Gasteiger partial charge in [0.15, 0.2) is 0 Å². The summed E-state index contributed by atoms with van der Waals surface area (Å²) in [5.74, 6) is 0.317. The summed E-state index contributed by atoms with van der Waals surface area (Å²) in [5.41, 5.74) is 6.44. The Bertz CT molecular complexity index is 646. The molecule has 0 spiro atoms. The molecule has 0 atom stereocenters. The third kappa shape index (κ3) is 1.29. The highest BCUT2D eigenvalue weighted by Crippen LogP contribution is 2.20. The van der Waals surface area contributed by atoms with E-state index < -0.39 is 0 Å². The van der Waals surface area contributed by atoms with E-state index in [-0.39, 0.29) is 0 Å². The number of anilines is 1. The second-order valence-corrected chi connectivity index (χ2v) is 3.49. The third-order valence-corrected chi connectivity index (χ3v) is 2.47. The molecule has 0 saturated carbocycles. The molecule has 0 saturated heterocycles. The lowest BCUT2D eigenvalue weighted by molar-refractivity contribution is 1.24. The number of hydrogen-bond donors (Lipinski definition) is 1. The maximum atomic E-state index is 5.55. The van der Waals surface area contributed by atoms with Gasteiger partial charge in [-0.1, -0.05) is 24.3 Å². The van der Waals surface area contributed by atoms with E-state index in [1.807, 2.05) is 18.2 Å². The molecule has 0 aliphatic heterocycles. The van der Waals surface area contributed by atoms with Crippen molar-refractivity contribution < 1.29 is 0 Å². The van der Waals surface area contributed by atoms with Crippen LogP contribution in [0.2, 0.25) is 0 Å². The fourth-order valence-corrected chi connectivity index (χ4v) is 1.73. The first-order valence-electron chi connectivity index (χ1n) is 4.74. The van der Waals surface area contributed by atoms with Gasteiger partial charge < -0.3 is 5.73 Å². The first-order chi connectivity index (χ1) is 7.33. The third-order valence-electron chi connectivity index (χ3n) is 2.47. The van der Waals surface area contributed by atoms with Crippen molar-refractivity contribution in [2.24, 2.45) is 0 Å². The number of hydrogen-bond acceptors (Lipinski definition) is 3. The average molecular weight is 195 g/mol. The Morgan fingerprint density at radius 2 is 1.67 bits per heavy atom. The molecule has 3 heteroatoms. The number of benzene rings is 2. The second-order valence-electron chi connectivity index (χ2n) is 3.49. The predicted molar refractivity (Wildman–Crippen MR) is 61.5 cm³/mol. The number of fused-ring (bicyclic) bond motifs is 2. The summed E-state index contributed by atoms with van der Waals surface area (Å²) >= 11 is 0. The number of nitrogens with two attached hydrogens (primary N) is 1. The summed E-state index contributed by atoms with van der Waals surface area (Å²) in [7, 11) is 0. The first kappa shape index (κ1) is 8.17. The fraction of sp³-hybridized carbons (Fsp3) is 0. The zero-order valence-corrected chi connectivity index (χ0v) is 8.01. The van der Waals surface area contributed by atoms with Gasteiger partial charge in [0.2, 0.25) is 5.95 Å². The van der Waals surface area contributed by atoms with Gasteiger partial charge in [-0.15, -0.1) is 0 Å². The van der Waals surface area contributed by atoms with Crippen LogP contribution in [0.4, 0.5) is 5.95 Å². The first-order valence-corrected chi connectivity index (χ1v) is 4.74. The van der Waals surface area contributed by atoms with Gasteiger partial charge in [0.05, 0.1) is 5.52 Å². The minimum absolute atomic E-state index is 0.317. The smallest absolute Gasteiger partial charge is 0.220 e. The summed E-state index contributed by atoms with van der Waals surface area (Å²) in [6.07, 6.45) is 1.75. The Hall–Kier alpha value is -2.16. The molecule has 0 unspecified atom stereocenters. The summed E-state index contributed by atoms with van der Waals surface area (Å²) in [5, 5.41) is 3.38. The van der Waals surface area contributed by atoms with Crippen molar-refractivity contribution in [2.45, 2.75) is 0 Å². The van der Waals surface area contributed by atoms with Crippen molar-refractivity contribution in [3.05, 3.63) is 42.6 Å². The highest BCUT2D eigenvalue weighted by atomic mass is 15.0. The van der Waals surface area contributed by atoms with Crippen molar-refractivity contribution in [1.82, 2.24) is 9.97 Å². The highest BCUT2D eigenvalue weighted by Gasteiger charge is 1.99. The van der Waals surface area contributed by atoms with Crippen LogP contribution in [0.1, 0.15) is 0 Å². The topological polar surface area (TPSA) is 51.8 Å². The molecule has 1 aromatic heterocycles. The Kier molecular flexibility index (Phi) is 1.59. The molecule has 3 nitrogen and oxygen atoms in total. The van der Waals surface area contributed by atoms with E-state index in [1.165, 1.54) is 10.8 Å². The Labute approximate surface area is 86.6 Å². The molecule has 0 aliphatic rings. The number of rotatable bonds is 0. The summed E-state index contributed by atoms with van der Waals surface area (Å²) in [6.45, 7) is 0. The Morgan fingerprint density at radius 1 is 0.933 bits per heavy atom. The van der Waals surface area contributed by atoms with E-state index in [4.69, 9.17) is 5.73 Å². The van der Waals surface area contributed by atoms with Gasteiger partial charge in [0, 0.05) is 11.6 Å². The molecule has 0 aliphatic carbocycles. The monoisotopic (exact) mass is 195 g/mol. The number of aromatic nitrogens is 2. The maximum absolute atomic E-state index is 5.55. The summed E-state index contributed by atoms with van der Waals surface area (Å²) in [4.78, 5) is 8.17. The van der Waals surface area contributed by atoms with Crippen LogP contribution in [-0.4, -0.2) is 9.97 Å². The van der Waals surface area contributed by atoms with Gasteiger partial charge in [-0.2, -0.15) is 0 Å². The molecule has 2 N–H and O–H groups in total. The molecular weight excluding hydrogens is 186 g/mol. The van der Waals surface area contributed by atoms with Crippen molar-refractivity contribution in [3.63, 3.8) is 0 Å². The van der Waals surface area contributed by atoms with E-state index in [1.54, 1.807) is 6.20 Å². The van der Waals surface area contributed by atoms with E-state index in [2.05, 4.69) is 28.2 Å². The highest BCUT2D eigenvalue weighted by molar-refractivity contribution is 5.96. The summed E-state index contributed by atoms with van der Waals surface area (Å²) < 4.78 is 0. The van der Waals surface area contributed by atoms with Crippen molar-refractivity contribution in [3.8, 4) is 0 Å². The predicted octanol–water partition coefficient (Wildman–Crippen LogP) is 2.37. The lowest BCUT2D eigenvalue weighted by Crippen LogP contribution is -1.93. The van der Waals surface area contributed by atoms with E-state index >= 15 is 0 Å². The molecule has 1 heterocycles. The maximum Gasteiger partial charge on any atom is 0.220 e. The van der Waals surface area contributed by atoms with Crippen molar-refractivity contribution >= 4 is 27.6 Å². The molecule has 3 rings (SSSR count). The van der Waals surface area contributed by atoms with Gasteiger partial charge >= 0.3 is 0 Å². The Balaban J connectivity index is 2.47. The van der Waals surface area contributed by atoms with E-state index in [9.17, 15) is 0 Å². The van der Waals surface area contributed by atoms with Crippen LogP contribution in [0, 0.1) is 0 Å². The van der Waals surface area contributed by atoms with Crippen LogP contribution >= 0.6 is 0 Å². The van der Waals surface area contributed by atoms with Gasteiger partial charge in [-0.05, 0) is 22.9 Å². The van der Waals surface area contributed by atoms with Crippen molar-refractivity contribution in [2.75, 3.05) is 5.73 Å². The molecule has 15 heavy (non-hydrogen) atoms. The van der Waals surface area contributed by atoms with Gasteiger partial charge in [0.1, 0.15) is 0 Å².